The first kappa shape index (κ1) is 10.5. The first-order chi connectivity index (χ1) is 7.66. The molecule has 2 unspecified atom stereocenters. The summed E-state index contributed by atoms with van der Waals surface area (Å²) >= 11 is 3.55. The highest BCUT2D eigenvalue weighted by Gasteiger charge is 2.31. The van der Waals surface area contributed by atoms with E-state index in [0.29, 0.717) is 5.92 Å². The first-order valence-electron chi connectivity index (χ1n) is 5.93. The molecule has 3 rings (SSSR count). The van der Waals surface area contributed by atoms with Crippen molar-refractivity contribution in [1.29, 1.82) is 0 Å². The van der Waals surface area contributed by atoms with Crippen LogP contribution in [0.2, 0.25) is 0 Å². The van der Waals surface area contributed by atoms with E-state index in [1.165, 1.54) is 39.6 Å². The quantitative estimate of drug-likeness (QED) is 0.772. The van der Waals surface area contributed by atoms with Crippen LogP contribution in [0.4, 0.5) is 0 Å². The van der Waals surface area contributed by atoms with Gasteiger partial charge in [0.05, 0.1) is 0 Å². The standard InChI is InChI=1S/C14H16BrN/c1-8-2-5-11-12-7-10(15)4-3-9(12)6-13(11)14(8)16/h3-4,7-8,14H,2,5-6,16H2,1H3. The number of rotatable bonds is 0. The van der Waals surface area contributed by atoms with E-state index in [-0.39, 0.29) is 6.04 Å². The van der Waals surface area contributed by atoms with Crippen LogP contribution >= 0.6 is 15.9 Å². The molecule has 2 aliphatic carbocycles. The maximum absolute atomic E-state index is 6.31. The van der Waals surface area contributed by atoms with Crippen LogP contribution in [0, 0.1) is 5.92 Å². The Morgan fingerprint density at radius 2 is 2.19 bits per heavy atom. The maximum Gasteiger partial charge on any atom is 0.0289 e. The zero-order valence-corrected chi connectivity index (χ0v) is 11.0. The lowest BCUT2D eigenvalue weighted by atomic mass is 9.81. The molecule has 0 heterocycles. The number of hydrogen-bond donors (Lipinski definition) is 1. The van der Waals surface area contributed by atoms with Gasteiger partial charge in [0.15, 0.2) is 0 Å². The Bertz CT molecular complexity index is 476. The number of benzene rings is 1. The summed E-state index contributed by atoms with van der Waals surface area (Å²) in [5.74, 6) is 0.636. The average molecular weight is 278 g/mol. The van der Waals surface area contributed by atoms with E-state index >= 15 is 0 Å². The molecule has 84 valence electrons. The van der Waals surface area contributed by atoms with Crippen molar-refractivity contribution in [1.82, 2.24) is 0 Å². The monoisotopic (exact) mass is 277 g/mol. The molecule has 16 heavy (non-hydrogen) atoms. The van der Waals surface area contributed by atoms with Crippen LogP contribution in [0.15, 0.2) is 28.2 Å². The Hall–Kier alpha value is -0.600. The zero-order chi connectivity index (χ0) is 11.3. The second-order valence-corrected chi connectivity index (χ2v) is 5.94. The minimum atomic E-state index is 0.273. The van der Waals surface area contributed by atoms with Crippen molar-refractivity contribution < 1.29 is 0 Å². The van der Waals surface area contributed by atoms with Gasteiger partial charge in [0.1, 0.15) is 0 Å². The Kier molecular flexibility index (Phi) is 2.45. The predicted octanol–water partition coefficient (Wildman–Crippen LogP) is 3.52. The molecular weight excluding hydrogens is 262 g/mol. The van der Waals surface area contributed by atoms with Crippen LogP contribution in [-0.4, -0.2) is 6.04 Å². The van der Waals surface area contributed by atoms with Crippen LogP contribution in [0.5, 0.6) is 0 Å². The largest absolute Gasteiger partial charge is 0.324 e. The molecule has 0 radical (unpaired) electrons. The third-order valence-corrected chi connectivity index (χ3v) is 4.52. The van der Waals surface area contributed by atoms with E-state index in [1.54, 1.807) is 0 Å². The number of allylic oxidation sites excluding steroid dienone is 1. The van der Waals surface area contributed by atoms with Crippen LogP contribution in [0.1, 0.15) is 30.9 Å². The van der Waals surface area contributed by atoms with Gasteiger partial charge in [-0.05, 0) is 59.6 Å². The molecule has 0 aliphatic heterocycles. The minimum Gasteiger partial charge on any atom is -0.324 e. The van der Waals surface area contributed by atoms with Gasteiger partial charge in [-0.1, -0.05) is 28.9 Å². The van der Waals surface area contributed by atoms with Crippen LogP contribution in [0.3, 0.4) is 0 Å². The van der Waals surface area contributed by atoms with Crippen molar-refractivity contribution >= 4 is 21.5 Å². The van der Waals surface area contributed by atoms with E-state index < -0.39 is 0 Å². The van der Waals surface area contributed by atoms with Gasteiger partial charge in [0.25, 0.3) is 0 Å². The molecule has 1 aromatic carbocycles. The smallest absolute Gasteiger partial charge is 0.0289 e. The number of halogens is 1. The molecule has 0 saturated heterocycles. The summed E-state index contributed by atoms with van der Waals surface area (Å²) in [6.45, 7) is 2.27. The first-order valence-corrected chi connectivity index (χ1v) is 6.72. The van der Waals surface area contributed by atoms with Crippen molar-refractivity contribution in [2.45, 2.75) is 32.2 Å². The highest BCUT2D eigenvalue weighted by Crippen LogP contribution is 2.43. The van der Waals surface area contributed by atoms with Gasteiger partial charge < -0.3 is 5.73 Å². The molecule has 0 fully saturated rings. The zero-order valence-electron chi connectivity index (χ0n) is 9.46. The van der Waals surface area contributed by atoms with Gasteiger partial charge in [0.2, 0.25) is 0 Å². The Labute approximate surface area is 105 Å². The van der Waals surface area contributed by atoms with E-state index in [2.05, 4.69) is 41.1 Å². The lowest BCUT2D eigenvalue weighted by molar-refractivity contribution is 0.452. The van der Waals surface area contributed by atoms with E-state index in [9.17, 15) is 0 Å². The number of fused-ring (bicyclic) bond motifs is 2. The molecule has 2 atom stereocenters. The van der Waals surface area contributed by atoms with Crippen molar-refractivity contribution in [2.24, 2.45) is 11.7 Å². The fourth-order valence-corrected chi connectivity index (χ4v) is 3.34. The second kappa shape index (κ2) is 3.71. The van der Waals surface area contributed by atoms with Gasteiger partial charge in [0, 0.05) is 10.5 Å². The summed E-state index contributed by atoms with van der Waals surface area (Å²) in [6, 6.07) is 6.89. The molecule has 2 aliphatic rings. The predicted molar refractivity (Wildman–Crippen MR) is 71.1 cm³/mol. The van der Waals surface area contributed by atoms with Gasteiger partial charge in [-0.15, -0.1) is 0 Å². The van der Waals surface area contributed by atoms with Gasteiger partial charge in [-0.2, -0.15) is 0 Å². The Morgan fingerprint density at radius 1 is 1.38 bits per heavy atom. The van der Waals surface area contributed by atoms with Crippen molar-refractivity contribution in [2.75, 3.05) is 0 Å². The Morgan fingerprint density at radius 3 is 3.00 bits per heavy atom. The van der Waals surface area contributed by atoms with Crippen molar-refractivity contribution in [3.63, 3.8) is 0 Å². The molecular formula is C14H16BrN. The summed E-state index contributed by atoms with van der Waals surface area (Å²) in [4.78, 5) is 0. The third kappa shape index (κ3) is 1.47. The molecule has 1 aromatic rings. The summed E-state index contributed by atoms with van der Waals surface area (Å²) in [7, 11) is 0. The van der Waals surface area contributed by atoms with E-state index in [0.717, 1.165) is 6.42 Å². The molecule has 0 amide bonds. The summed E-state index contributed by atoms with van der Waals surface area (Å²) in [5.41, 5.74) is 12.2. The summed E-state index contributed by atoms with van der Waals surface area (Å²) < 4.78 is 1.17. The van der Waals surface area contributed by atoms with Gasteiger partial charge in [-0.25, -0.2) is 0 Å². The topological polar surface area (TPSA) is 26.0 Å². The molecule has 2 heteroatoms. The van der Waals surface area contributed by atoms with Crippen LogP contribution in [0.25, 0.3) is 5.57 Å². The highest BCUT2D eigenvalue weighted by atomic mass is 79.9. The molecule has 0 spiro atoms. The van der Waals surface area contributed by atoms with E-state index in [4.69, 9.17) is 5.73 Å². The van der Waals surface area contributed by atoms with Crippen LogP contribution in [-0.2, 0) is 6.42 Å². The van der Waals surface area contributed by atoms with Gasteiger partial charge >= 0.3 is 0 Å². The minimum absolute atomic E-state index is 0.273. The fraction of sp³-hybridized carbons (Fsp3) is 0.429. The lowest BCUT2D eigenvalue weighted by Crippen LogP contribution is -2.33. The lowest BCUT2D eigenvalue weighted by Gasteiger charge is -2.28. The molecule has 0 bridgehead atoms. The highest BCUT2D eigenvalue weighted by molar-refractivity contribution is 9.10. The normalized spacial score (nSPS) is 27.9. The van der Waals surface area contributed by atoms with Crippen LogP contribution < -0.4 is 5.73 Å². The number of nitrogens with two attached hydrogens (primary N) is 1. The molecule has 0 aromatic heterocycles. The van der Waals surface area contributed by atoms with Crippen molar-refractivity contribution in [3.05, 3.63) is 39.4 Å². The van der Waals surface area contributed by atoms with Gasteiger partial charge in [-0.3, -0.25) is 0 Å². The SMILES string of the molecule is CC1CCC2=C(Cc3ccc(Br)cc32)C1N. The average Bonchev–Trinajstić information content (AvgIpc) is 2.62. The summed E-state index contributed by atoms with van der Waals surface area (Å²) in [6.07, 6.45) is 3.50. The molecule has 1 nitrogen and oxygen atoms in total. The third-order valence-electron chi connectivity index (χ3n) is 4.03. The molecule has 2 N–H and O–H groups in total. The van der Waals surface area contributed by atoms with Crippen molar-refractivity contribution in [3.8, 4) is 0 Å². The maximum atomic E-state index is 6.31. The molecule has 0 saturated carbocycles. The van der Waals surface area contributed by atoms with E-state index in [1.807, 2.05) is 0 Å². The Balaban J connectivity index is 2.09. The second-order valence-electron chi connectivity index (χ2n) is 5.02. The summed E-state index contributed by atoms with van der Waals surface area (Å²) in [5, 5.41) is 0. The fourth-order valence-electron chi connectivity index (χ4n) is 2.98. The number of hydrogen-bond acceptors (Lipinski definition) is 1.